The summed E-state index contributed by atoms with van der Waals surface area (Å²) in [7, 11) is 0. The van der Waals surface area contributed by atoms with Gasteiger partial charge < -0.3 is 14.2 Å². The van der Waals surface area contributed by atoms with Crippen molar-refractivity contribution in [1.82, 2.24) is 29.9 Å². The number of fused-ring (bicyclic) bond motifs is 9. The summed E-state index contributed by atoms with van der Waals surface area (Å²) in [5.41, 5.74) is 18.0. The van der Waals surface area contributed by atoms with Crippen LogP contribution in [0.5, 0.6) is 17.2 Å². The first-order chi connectivity index (χ1) is 38.6. The topological polar surface area (TPSA) is 179 Å². The van der Waals surface area contributed by atoms with Gasteiger partial charge in [-0.15, -0.1) is 15.3 Å². The third kappa shape index (κ3) is 9.73. The summed E-state index contributed by atoms with van der Waals surface area (Å²) in [6.07, 6.45) is 15.7. The van der Waals surface area contributed by atoms with Gasteiger partial charge in [-0.1, -0.05) is 0 Å². The summed E-state index contributed by atoms with van der Waals surface area (Å²) in [5.74, 6) is 2.12. The molecule has 15 nitrogen and oxygen atoms in total. The molecule has 0 amide bonds. The van der Waals surface area contributed by atoms with Crippen LogP contribution >= 0.6 is 0 Å². The van der Waals surface area contributed by atoms with E-state index in [1.165, 1.54) is 0 Å². The van der Waals surface area contributed by atoms with E-state index < -0.39 is 0 Å². The minimum atomic E-state index is 0.313. The van der Waals surface area contributed by atoms with Gasteiger partial charge in [0.2, 0.25) is 0 Å². The normalized spacial score (nSPS) is 12.5. The molecule has 3 aliphatic rings. The van der Waals surface area contributed by atoms with Crippen molar-refractivity contribution in [3.05, 3.63) is 268 Å². The minimum Gasteiger partial charge on any atom is -0.489 e. The highest BCUT2D eigenvalue weighted by atomic mass is 16.5. The molecule has 3 aliphatic carbocycles. The molecule has 6 heterocycles. The van der Waals surface area contributed by atoms with Gasteiger partial charge in [-0.25, -0.2) is 0 Å². The van der Waals surface area contributed by atoms with Gasteiger partial charge >= 0.3 is 0 Å². The number of pyridine rings is 6. The largest absolute Gasteiger partial charge is 0.489 e. The van der Waals surface area contributed by atoms with Crippen LogP contribution in [0.2, 0.25) is 0 Å². The summed E-state index contributed by atoms with van der Waals surface area (Å²) in [5, 5.41) is 27.1. The van der Waals surface area contributed by atoms with Crippen LogP contribution in [0.3, 0.4) is 0 Å². The molecule has 78 heavy (non-hydrogen) atoms. The summed E-state index contributed by atoms with van der Waals surface area (Å²) in [6, 6.07) is 52.8. The SMILES string of the molecule is C(=N\N=C1c2cccnc2-c2ncccc21)/c1ccc(OCc2cc(COc3ccc(/C=N/N=C4c5cccnc5-c5ncccc54)cc3)cc(COc3ccc(/C=N/N=C4c5cccnc5-c5ncccc54)cc3)c2)cc1. The fourth-order valence-corrected chi connectivity index (χ4v) is 9.47. The van der Waals surface area contributed by atoms with E-state index in [1.54, 1.807) is 55.8 Å². The average molecular weight is 1020 g/mol. The minimum absolute atomic E-state index is 0.313. The summed E-state index contributed by atoms with van der Waals surface area (Å²) < 4.78 is 19.0. The Morgan fingerprint density at radius 1 is 0.295 bits per heavy atom. The van der Waals surface area contributed by atoms with Crippen LogP contribution in [-0.4, -0.2) is 65.7 Å². The Labute approximate surface area is 447 Å². The molecule has 0 radical (unpaired) electrons. The van der Waals surface area contributed by atoms with Crippen molar-refractivity contribution in [2.24, 2.45) is 30.6 Å². The van der Waals surface area contributed by atoms with E-state index in [9.17, 15) is 0 Å². The van der Waals surface area contributed by atoms with Crippen LogP contribution in [0.15, 0.2) is 232 Å². The van der Waals surface area contributed by atoms with Crippen molar-refractivity contribution in [2.75, 3.05) is 0 Å². The van der Waals surface area contributed by atoms with E-state index in [0.717, 1.165) is 118 Å². The first-order valence-electron chi connectivity index (χ1n) is 25.0. The van der Waals surface area contributed by atoms with Crippen molar-refractivity contribution in [1.29, 1.82) is 0 Å². The lowest BCUT2D eigenvalue weighted by Gasteiger charge is -2.13. The molecule has 0 N–H and O–H groups in total. The summed E-state index contributed by atoms with van der Waals surface area (Å²) >= 11 is 0. The van der Waals surface area contributed by atoms with E-state index in [2.05, 4.69) is 78.7 Å². The highest BCUT2D eigenvalue weighted by Crippen LogP contribution is 2.36. The van der Waals surface area contributed by atoms with Crippen molar-refractivity contribution >= 4 is 35.8 Å². The van der Waals surface area contributed by atoms with Gasteiger partial charge in [0, 0.05) is 70.6 Å². The summed E-state index contributed by atoms with van der Waals surface area (Å²) in [6.45, 7) is 0.939. The molecule has 0 saturated heterocycles. The van der Waals surface area contributed by atoms with Crippen LogP contribution in [0.1, 0.15) is 66.8 Å². The highest BCUT2D eigenvalue weighted by Gasteiger charge is 2.29. The smallest absolute Gasteiger partial charge is 0.119 e. The average Bonchev–Trinajstić information content (AvgIpc) is 4.26. The molecule has 6 aromatic heterocycles. The first-order valence-corrected chi connectivity index (χ1v) is 25.0. The van der Waals surface area contributed by atoms with Crippen LogP contribution < -0.4 is 14.2 Å². The third-order valence-electron chi connectivity index (χ3n) is 13.1. The Hall–Kier alpha value is -10.8. The van der Waals surface area contributed by atoms with Gasteiger partial charge in [-0.05, 0) is 197 Å². The fraction of sp³-hybridized carbons (Fsp3) is 0.0476. The molecule has 15 heteroatoms. The third-order valence-corrected chi connectivity index (χ3v) is 13.1. The maximum atomic E-state index is 6.35. The van der Waals surface area contributed by atoms with Crippen molar-refractivity contribution in [2.45, 2.75) is 19.8 Å². The second-order valence-electron chi connectivity index (χ2n) is 18.2. The Bertz CT molecular complexity index is 3520. The van der Waals surface area contributed by atoms with E-state index in [0.29, 0.717) is 37.1 Å². The molecule has 0 atom stereocenters. The quantitative estimate of drug-likeness (QED) is 0.0713. The van der Waals surface area contributed by atoms with E-state index in [-0.39, 0.29) is 0 Å². The maximum absolute atomic E-state index is 6.35. The number of nitrogens with zero attached hydrogens (tertiary/aromatic N) is 12. The van der Waals surface area contributed by atoms with Crippen molar-refractivity contribution < 1.29 is 14.2 Å². The lowest BCUT2D eigenvalue weighted by atomic mass is 10.1. The molecular weight excluding hydrogens is 973 g/mol. The Morgan fingerprint density at radius 3 is 0.756 bits per heavy atom. The lowest BCUT2D eigenvalue weighted by molar-refractivity contribution is 0.293. The monoisotopic (exact) mass is 1010 g/mol. The zero-order chi connectivity index (χ0) is 52.0. The molecule has 0 fully saturated rings. The van der Waals surface area contributed by atoms with Gasteiger partial charge in [0.25, 0.3) is 0 Å². The number of ether oxygens (including phenoxy) is 3. The molecule has 372 valence electrons. The fourth-order valence-electron chi connectivity index (χ4n) is 9.47. The predicted molar refractivity (Wildman–Crippen MR) is 301 cm³/mol. The zero-order valence-corrected chi connectivity index (χ0v) is 41.5. The van der Waals surface area contributed by atoms with Crippen LogP contribution in [0, 0.1) is 0 Å². The molecule has 0 saturated carbocycles. The van der Waals surface area contributed by atoms with E-state index in [1.807, 2.05) is 146 Å². The Balaban J connectivity index is 0.685. The second kappa shape index (κ2) is 21.2. The van der Waals surface area contributed by atoms with Gasteiger partial charge in [-0.2, -0.15) is 15.3 Å². The molecule has 0 bridgehead atoms. The first kappa shape index (κ1) is 46.9. The van der Waals surface area contributed by atoms with Crippen LogP contribution in [0.25, 0.3) is 34.2 Å². The van der Waals surface area contributed by atoms with Gasteiger partial charge in [0.1, 0.15) is 54.2 Å². The number of aromatic nitrogens is 6. The maximum Gasteiger partial charge on any atom is 0.119 e. The predicted octanol–water partition coefficient (Wildman–Crippen LogP) is 11.3. The number of hydrogen-bond acceptors (Lipinski definition) is 15. The van der Waals surface area contributed by atoms with E-state index >= 15 is 0 Å². The number of rotatable bonds is 15. The van der Waals surface area contributed by atoms with Crippen molar-refractivity contribution in [3.8, 4) is 51.4 Å². The number of benzene rings is 4. The van der Waals surface area contributed by atoms with Gasteiger partial charge in [0.15, 0.2) is 0 Å². The lowest BCUT2D eigenvalue weighted by Crippen LogP contribution is -2.04. The van der Waals surface area contributed by atoms with Gasteiger partial charge in [0.05, 0.1) is 52.8 Å². The Morgan fingerprint density at radius 2 is 0.526 bits per heavy atom. The van der Waals surface area contributed by atoms with Crippen LogP contribution in [0.4, 0.5) is 0 Å². The molecule has 0 aliphatic heterocycles. The molecule has 10 aromatic rings. The molecule has 0 unspecified atom stereocenters. The van der Waals surface area contributed by atoms with Gasteiger partial charge in [-0.3, -0.25) is 29.9 Å². The molecule has 13 rings (SSSR count). The molecular formula is C63H42N12O3. The summed E-state index contributed by atoms with van der Waals surface area (Å²) in [4.78, 5) is 27.2. The second-order valence-corrected chi connectivity index (χ2v) is 18.2. The van der Waals surface area contributed by atoms with Crippen molar-refractivity contribution in [3.63, 3.8) is 0 Å². The standard InChI is InChI=1S/C63H42N12O3/c1-7-49-55(50-8-2-26-65-59(50)58(49)64-25-1)73-70-34-40-13-19-46(20-14-40)76-37-43-31-44(38-77-47-21-15-41(16-22-47)35-71-74-56-51-9-3-27-66-60(51)61-52(56)10-4-28-67-61)33-45(32-43)39-78-48-23-17-42(18-24-48)36-72-75-57-53-11-5-29-68-62(53)63-54(57)12-6-30-69-63/h1-36H,37-39H2/b70-34+,71-35+,72-36+. The number of hydrogen-bond donors (Lipinski definition) is 0. The van der Waals surface area contributed by atoms with E-state index in [4.69, 9.17) is 14.2 Å². The zero-order valence-electron chi connectivity index (χ0n) is 41.5. The molecule has 4 aromatic carbocycles. The van der Waals surface area contributed by atoms with Crippen LogP contribution in [-0.2, 0) is 19.8 Å². The highest BCUT2D eigenvalue weighted by molar-refractivity contribution is 6.24. The molecule has 0 spiro atoms. The Kier molecular flexibility index (Phi) is 12.8.